The lowest BCUT2D eigenvalue weighted by Gasteiger charge is -2.29. The molecule has 19 heavy (non-hydrogen) atoms. The highest BCUT2D eigenvalue weighted by Gasteiger charge is 2.28. The van der Waals surface area contributed by atoms with E-state index in [0.717, 1.165) is 16.9 Å². The molecule has 1 atom stereocenters. The molecule has 1 heterocycles. The van der Waals surface area contributed by atoms with Gasteiger partial charge in [0.25, 0.3) is 0 Å². The number of nitrogens with zero attached hydrogens (tertiary/aromatic N) is 2. The van der Waals surface area contributed by atoms with E-state index in [4.69, 9.17) is 27.9 Å². The van der Waals surface area contributed by atoms with Gasteiger partial charge in [-0.25, -0.2) is 4.98 Å². The average Bonchev–Trinajstić information content (AvgIpc) is 2.70. The first-order valence-corrected chi connectivity index (χ1v) is 7.00. The van der Waals surface area contributed by atoms with Crippen LogP contribution in [0.5, 0.6) is 0 Å². The number of alkyl halides is 1. The zero-order valence-electron chi connectivity index (χ0n) is 11.6. The minimum Gasteiger partial charge on any atom is -0.382 e. The molecule has 5 heteroatoms. The maximum absolute atomic E-state index is 6.34. The van der Waals surface area contributed by atoms with Crippen molar-refractivity contribution in [1.82, 2.24) is 9.55 Å². The monoisotopic (exact) mass is 300 g/mol. The zero-order chi connectivity index (χ0) is 14.2. The Balaban J connectivity index is 2.78. The summed E-state index contributed by atoms with van der Waals surface area (Å²) >= 11 is 12.6. The van der Waals surface area contributed by atoms with Crippen molar-refractivity contribution >= 4 is 34.2 Å². The molecule has 0 bridgehead atoms. The van der Waals surface area contributed by atoms with Crippen LogP contribution in [0.3, 0.4) is 0 Å². The number of methoxy groups -OCH3 is 1. The number of rotatable bonds is 4. The SMILES string of the molecule is COCC(C)(C)n1c(C(C)Cl)nc2cccc(Cl)c21. The highest BCUT2D eigenvalue weighted by atomic mass is 35.5. The Bertz CT molecular complexity index is 590. The molecule has 0 aliphatic rings. The van der Waals surface area contributed by atoms with Crippen LogP contribution in [0.2, 0.25) is 5.02 Å². The second kappa shape index (κ2) is 5.31. The van der Waals surface area contributed by atoms with E-state index in [1.807, 2.05) is 25.1 Å². The molecule has 1 aromatic carbocycles. The summed E-state index contributed by atoms with van der Waals surface area (Å²) < 4.78 is 7.41. The van der Waals surface area contributed by atoms with Crippen molar-refractivity contribution in [3.05, 3.63) is 29.0 Å². The fourth-order valence-electron chi connectivity index (χ4n) is 2.40. The molecule has 0 saturated carbocycles. The van der Waals surface area contributed by atoms with Crippen LogP contribution < -0.4 is 0 Å². The van der Waals surface area contributed by atoms with Gasteiger partial charge in [0, 0.05) is 7.11 Å². The summed E-state index contributed by atoms with van der Waals surface area (Å²) in [5.41, 5.74) is 1.50. The summed E-state index contributed by atoms with van der Waals surface area (Å²) in [5, 5.41) is 0.484. The minimum absolute atomic E-state index is 0.195. The van der Waals surface area contributed by atoms with E-state index in [1.54, 1.807) is 7.11 Å². The predicted octanol–water partition coefficient (Wildman–Crippen LogP) is 4.37. The third-order valence-electron chi connectivity index (χ3n) is 3.11. The lowest BCUT2D eigenvalue weighted by atomic mass is 10.1. The number of ether oxygens (including phenoxy) is 1. The minimum atomic E-state index is -0.271. The molecule has 2 aromatic rings. The summed E-state index contributed by atoms with van der Waals surface area (Å²) in [4.78, 5) is 4.61. The first kappa shape index (κ1) is 14.6. The number of fused-ring (bicyclic) bond motifs is 1. The third-order valence-corrected chi connectivity index (χ3v) is 3.61. The van der Waals surface area contributed by atoms with E-state index >= 15 is 0 Å². The number of aromatic nitrogens is 2. The maximum atomic E-state index is 6.34. The quantitative estimate of drug-likeness (QED) is 0.784. The summed E-state index contributed by atoms with van der Waals surface area (Å²) in [5.74, 6) is 0.812. The molecule has 0 spiro atoms. The summed E-state index contributed by atoms with van der Waals surface area (Å²) in [7, 11) is 1.69. The van der Waals surface area contributed by atoms with Crippen molar-refractivity contribution < 1.29 is 4.74 Å². The topological polar surface area (TPSA) is 27.1 Å². The fraction of sp³-hybridized carbons (Fsp3) is 0.500. The Morgan fingerprint density at radius 1 is 1.42 bits per heavy atom. The Hall–Kier alpha value is -0.770. The predicted molar refractivity (Wildman–Crippen MR) is 80.2 cm³/mol. The Morgan fingerprint density at radius 2 is 2.11 bits per heavy atom. The lowest BCUT2D eigenvalue weighted by Crippen LogP contribution is -2.33. The van der Waals surface area contributed by atoms with Gasteiger partial charge in [0.2, 0.25) is 0 Å². The van der Waals surface area contributed by atoms with Crippen LogP contribution in [-0.2, 0) is 10.3 Å². The molecular formula is C14H18Cl2N2O. The second-order valence-corrected chi connectivity index (χ2v) is 6.34. The number of halogens is 2. The van der Waals surface area contributed by atoms with E-state index < -0.39 is 0 Å². The Kier molecular flexibility index (Phi) is 4.09. The molecule has 0 saturated heterocycles. The van der Waals surface area contributed by atoms with Gasteiger partial charge in [0.1, 0.15) is 5.82 Å². The molecule has 0 amide bonds. The van der Waals surface area contributed by atoms with Crippen LogP contribution in [0.1, 0.15) is 32.0 Å². The van der Waals surface area contributed by atoms with E-state index in [9.17, 15) is 0 Å². The maximum Gasteiger partial charge on any atom is 0.128 e. The summed E-state index contributed by atoms with van der Waals surface area (Å²) in [6, 6.07) is 5.71. The van der Waals surface area contributed by atoms with Crippen LogP contribution in [0.4, 0.5) is 0 Å². The molecule has 0 aliphatic carbocycles. The molecule has 1 aromatic heterocycles. The van der Waals surface area contributed by atoms with Gasteiger partial charge in [-0.05, 0) is 32.9 Å². The van der Waals surface area contributed by atoms with Crippen LogP contribution in [0.15, 0.2) is 18.2 Å². The third kappa shape index (κ3) is 2.60. The van der Waals surface area contributed by atoms with Crippen LogP contribution in [0, 0.1) is 0 Å². The van der Waals surface area contributed by atoms with Gasteiger partial charge < -0.3 is 9.30 Å². The molecule has 1 unspecified atom stereocenters. The molecule has 0 aliphatic heterocycles. The second-order valence-electron chi connectivity index (χ2n) is 5.27. The fourth-order valence-corrected chi connectivity index (χ4v) is 2.80. The normalized spacial score (nSPS) is 14.0. The number of imidazole rings is 1. The van der Waals surface area contributed by atoms with Crippen LogP contribution in [0.25, 0.3) is 11.0 Å². The Morgan fingerprint density at radius 3 is 2.68 bits per heavy atom. The van der Waals surface area contributed by atoms with Crippen molar-refractivity contribution in [3.63, 3.8) is 0 Å². The number of benzene rings is 1. The molecule has 3 nitrogen and oxygen atoms in total. The Labute approximate surface area is 123 Å². The highest BCUT2D eigenvalue weighted by Crippen LogP contribution is 2.34. The molecule has 0 fully saturated rings. The molecule has 0 N–H and O–H groups in total. The van der Waals surface area contributed by atoms with E-state index in [0.29, 0.717) is 11.6 Å². The smallest absolute Gasteiger partial charge is 0.128 e. The molecular weight excluding hydrogens is 283 g/mol. The van der Waals surface area contributed by atoms with Gasteiger partial charge in [-0.3, -0.25) is 0 Å². The van der Waals surface area contributed by atoms with E-state index in [1.165, 1.54) is 0 Å². The van der Waals surface area contributed by atoms with Crippen molar-refractivity contribution in [2.45, 2.75) is 31.7 Å². The summed E-state index contributed by atoms with van der Waals surface area (Å²) in [6.45, 7) is 6.64. The zero-order valence-corrected chi connectivity index (χ0v) is 13.1. The van der Waals surface area contributed by atoms with Crippen molar-refractivity contribution in [2.75, 3.05) is 13.7 Å². The van der Waals surface area contributed by atoms with Gasteiger partial charge >= 0.3 is 0 Å². The average molecular weight is 301 g/mol. The van der Waals surface area contributed by atoms with Crippen molar-refractivity contribution in [1.29, 1.82) is 0 Å². The first-order chi connectivity index (χ1) is 8.88. The van der Waals surface area contributed by atoms with Gasteiger partial charge in [0.05, 0.1) is 33.6 Å². The van der Waals surface area contributed by atoms with Crippen LogP contribution >= 0.6 is 23.2 Å². The van der Waals surface area contributed by atoms with Gasteiger partial charge in [0.15, 0.2) is 0 Å². The van der Waals surface area contributed by atoms with E-state index in [2.05, 4.69) is 23.4 Å². The number of hydrogen-bond acceptors (Lipinski definition) is 2. The van der Waals surface area contributed by atoms with Gasteiger partial charge in [-0.15, -0.1) is 11.6 Å². The molecule has 2 rings (SSSR count). The number of hydrogen-bond donors (Lipinski definition) is 0. The van der Waals surface area contributed by atoms with Gasteiger partial charge in [-0.2, -0.15) is 0 Å². The van der Waals surface area contributed by atoms with E-state index in [-0.39, 0.29) is 10.9 Å². The first-order valence-electron chi connectivity index (χ1n) is 6.19. The summed E-state index contributed by atoms with van der Waals surface area (Å²) in [6.07, 6.45) is 0. The largest absolute Gasteiger partial charge is 0.382 e. The van der Waals surface area contributed by atoms with Crippen molar-refractivity contribution in [2.24, 2.45) is 0 Å². The lowest BCUT2D eigenvalue weighted by molar-refractivity contribution is 0.110. The van der Waals surface area contributed by atoms with Crippen LogP contribution in [-0.4, -0.2) is 23.3 Å². The highest BCUT2D eigenvalue weighted by molar-refractivity contribution is 6.35. The number of para-hydroxylation sites is 1. The standard InChI is InChI=1S/C14H18Cl2N2O/c1-9(15)13-17-11-7-5-6-10(16)12(11)18(13)14(2,3)8-19-4/h5-7,9H,8H2,1-4H3. The molecule has 104 valence electrons. The van der Waals surface area contributed by atoms with Crippen molar-refractivity contribution in [3.8, 4) is 0 Å². The van der Waals surface area contributed by atoms with Gasteiger partial charge in [-0.1, -0.05) is 17.7 Å². The molecule has 0 radical (unpaired) electrons.